The van der Waals surface area contributed by atoms with E-state index in [1.165, 1.54) is 30.3 Å². The van der Waals surface area contributed by atoms with Crippen LogP contribution in [0.2, 0.25) is 10.0 Å². The fraction of sp³-hybridized carbons (Fsp3) is 0.158. The number of alkyl halides is 6. The predicted octanol–water partition coefficient (Wildman–Crippen LogP) is 6.01. The van der Waals surface area contributed by atoms with Gasteiger partial charge in [0.05, 0.1) is 15.6 Å². The summed E-state index contributed by atoms with van der Waals surface area (Å²) in [5, 5.41) is 23.7. The van der Waals surface area contributed by atoms with Crippen molar-refractivity contribution in [3.05, 3.63) is 63.3 Å². The average Bonchev–Trinajstić information content (AvgIpc) is 3.08. The second-order valence-electron chi connectivity index (χ2n) is 6.57. The van der Waals surface area contributed by atoms with Crippen LogP contribution in [0.3, 0.4) is 0 Å². The highest BCUT2D eigenvalue weighted by molar-refractivity contribution is 7.86. The van der Waals surface area contributed by atoms with Crippen molar-refractivity contribution in [2.45, 2.75) is 23.1 Å². The Bertz CT molecular complexity index is 1280. The van der Waals surface area contributed by atoms with Crippen LogP contribution in [0.15, 0.2) is 41.3 Å². The molecule has 1 aromatic heterocycles. The molecule has 0 aliphatic rings. The topological polar surface area (TPSA) is 90.9 Å². The van der Waals surface area contributed by atoms with E-state index in [0.29, 0.717) is 22.4 Å². The Kier molecular flexibility index (Phi) is 7.07. The van der Waals surface area contributed by atoms with Gasteiger partial charge in [-0.05, 0) is 29.8 Å². The van der Waals surface area contributed by atoms with Crippen molar-refractivity contribution >= 4 is 39.8 Å². The molecule has 15 heteroatoms. The van der Waals surface area contributed by atoms with Gasteiger partial charge in [-0.15, -0.1) is 0 Å². The highest BCUT2D eigenvalue weighted by atomic mass is 35.5. The first-order valence-corrected chi connectivity index (χ1v) is 10.7. The van der Waals surface area contributed by atoms with Crippen molar-refractivity contribution in [2.24, 2.45) is 0 Å². The molecule has 34 heavy (non-hydrogen) atoms. The number of nitrogens with one attached hydrogen (secondary N) is 1. The van der Waals surface area contributed by atoms with Crippen LogP contribution >= 0.6 is 23.2 Å². The SMILES string of the molecule is N#Cc1nn(-c2c(Cl)cc(C(F)(F)F)cc2Cl)c(NCc2ccc(O)cc2)c1S(=O)C(F)(F)F. The number of aromatic nitrogens is 2. The fourth-order valence-electron chi connectivity index (χ4n) is 2.82. The molecule has 6 nitrogen and oxygen atoms in total. The number of aromatic hydroxyl groups is 1. The molecule has 2 N–H and O–H groups in total. The second-order valence-corrected chi connectivity index (χ2v) is 8.79. The minimum atomic E-state index is -5.29. The number of phenolic OH excluding ortho intramolecular Hbond substituents is 1. The smallest absolute Gasteiger partial charge is 0.476 e. The summed E-state index contributed by atoms with van der Waals surface area (Å²) in [6.45, 7) is -0.214. The lowest BCUT2D eigenvalue weighted by Gasteiger charge is -2.16. The first-order valence-electron chi connectivity index (χ1n) is 8.84. The number of hydrogen-bond acceptors (Lipinski definition) is 5. The third-order valence-electron chi connectivity index (χ3n) is 4.30. The number of rotatable bonds is 5. The van der Waals surface area contributed by atoms with Crippen LogP contribution in [0.1, 0.15) is 16.8 Å². The molecule has 3 aromatic rings. The summed E-state index contributed by atoms with van der Waals surface area (Å²) in [5.41, 5.74) is -7.45. The summed E-state index contributed by atoms with van der Waals surface area (Å²) in [4.78, 5) is -1.05. The molecule has 0 amide bonds. The summed E-state index contributed by atoms with van der Waals surface area (Å²) in [6.07, 6.45) is -4.82. The standard InChI is InChI=1S/C19H10Cl2F6N4O2S/c20-12-5-10(18(22,23)24)6-13(21)15(12)31-17(29-8-9-1-3-11(32)4-2-9)16(14(7-28)30-31)34(33)19(25,26)27/h1-6,29,32H,8H2. The molecular weight excluding hydrogens is 533 g/mol. The molecular formula is C19H10Cl2F6N4O2S. The van der Waals surface area contributed by atoms with E-state index in [1.54, 1.807) is 0 Å². The lowest BCUT2D eigenvalue weighted by atomic mass is 10.2. The largest absolute Gasteiger partial charge is 0.508 e. The van der Waals surface area contributed by atoms with Gasteiger partial charge >= 0.3 is 11.7 Å². The number of benzene rings is 2. The van der Waals surface area contributed by atoms with Crippen LogP contribution in [-0.2, 0) is 23.5 Å². The maximum atomic E-state index is 13.3. The maximum Gasteiger partial charge on any atom is 0.476 e. The summed E-state index contributed by atoms with van der Waals surface area (Å²) in [5.74, 6) is -0.702. The normalized spacial score (nSPS) is 12.9. The highest BCUT2D eigenvalue weighted by Crippen LogP contribution is 2.41. The third-order valence-corrected chi connectivity index (χ3v) is 6.05. The van der Waals surface area contributed by atoms with E-state index in [9.17, 15) is 40.9 Å². The molecule has 0 saturated heterocycles. The summed E-state index contributed by atoms with van der Waals surface area (Å²) in [7, 11) is -3.74. The van der Waals surface area contributed by atoms with Crippen molar-refractivity contribution in [1.82, 2.24) is 9.78 Å². The first-order chi connectivity index (χ1) is 15.7. The Morgan fingerprint density at radius 3 is 2.12 bits per heavy atom. The van der Waals surface area contributed by atoms with E-state index in [4.69, 9.17) is 23.2 Å². The van der Waals surface area contributed by atoms with Gasteiger partial charge < -0.3 is 10.4 Å². The molecule has 0 aliphatic carbocycles. The van der Waals surface area contributed by atoms with Crippen molar-refractivity contribution in [2.75, 3.05) is 5.32 Å². The molecule has 1 heterocycles. The van der Waals surface area contributed by atoms with Gasteiger partial charge in [-0.25, -0.2) is 8.89 Å². The van der Waals surface area contributed by atoms with Crippen LogP contribution in [0, 0.1) is 11.3 Å². The maximum absolute atomic E-state index is 13.3. The number of phenols is 1. The van der Waals surface area contributed by atoms with Crippen molar-refractivity contribution in [3.63, 3.8) is 0 Å². The van der Waals surface area contributed by atoms with E-state index in [1.807, 2.05) is 0 Å². The van der Waals surface area contributed by atoms with Crippen LogP contribution in [-0.4, -0.2) is 24.6 Å². The van der Waals surface area contributed by atoms with Gasteiger partial charge in [0.25, 0.3) is 0 Å². The zero-order valence-corrected chi connectivity index (χ0v) is 18.6. The Labute approximate surface area is 199 Å². The average molecular weight is 543 g/mol. The van der Waals surface area contributed by atoms with E-state index in [0.717, 1.165) is 0 Å². The number of anilines is 1. The summed E-state index contributed by atoms with van der Waals surface area (Å²) < 4.78 is 92.0. The van der Waals surface area contributed by atoms with Gasteiger partial charge in [-0.3, -0.25) is 0 Å². The van der Waals surface area contributed by atoms with E-state index in [2.05, 4.69) is 10.4 Å². The first kappa shape index (κ1) is 25.7. The Morgan fingerprint density at radius 1 is 1.09 bits per heavy atom. The molecule has 3 rings (SSSR count). The summed E-state index contributed by atoms with van der Waals surface area (Å²) >= 11 is 11.9. The van der Waals surface area contributed by atoms with Gasteiger partial charge in [-0.1, -0.05) is 35.3 Å². The number of hydrogen-bond donors (Lipinski definition) is 2. The minimum Gasteiger partial charge on any atom is -0.508 e. The van der Waals surface area contributed by atoms with Gasteiger partial charge in [0.15, 0.2) is 16.5 Å². The van der Waals surface area contributed by atoms with Gasteiger partial charge in [0, 0.05) is 6.54 Å². The van der Waals surface area contributed by atoms with Crippen LogP contribution < -0.4 is 5.32 Å². The molecule has 0 aliphatic heterocycles. The monoisotopic (exact) mass is 542 g/mol. The fourth-order valence-corrected chi connectivity index (χ4v) is 4.29. The number of nitriles is 1. The van der Waals surface area contributed by atoms with Crippen LogP contribution in [0.5, 0.6) is 5.75 Å². The van der Waals surface area contributed by atoms with E-state index in [-0.39, 0.29) is 12.3 Å². The molecule has 1 unspecified atom stereocenters. The lowest BCUT2D eigenvalue weighted by molar-refractivity contribution is -0.137. The molecule has 180 valence electrons. The molecule has 0 saturated carbocycles. The Hall–Kier alpha value is -2.95. The number of halogens is 8. The Morgan fingerprint density at radius 2 is 1.65 bits per heavy atom. The zero-order valence-electron chi connectivity index (χ0n) is 16.3. The van der Waals surface area contributed by atoms with Crippen molar-refractivity contribution < 1.29 is 35.7 Å². The molecule has 0 fully saturated rings. The van der Waals surface area contributed by atoms with Crippen LogP contribution in [0.25, 0.3) is 5.69 Å². The van der Waals surface area contributed by atoms with E-state index < -0.39 is 60.2 Å². The molecule has 2 aromatic carbocycles. The predicted molar refractivity (Wildman–Crippen MR) is 111 cm³/mol. The summed E-state index contributed by atoms with van der Waals surface area (Å²) in [6, 6.07) is 7.81. The van der Waals surface area contributed by atoms with Gasteiger partial charge in [-0.2, -0.15) is 36.7 Å². The quantitative estimate of drug-likeness (QED) is 0.385. The second kappa shape index (κ2) is 9.36. The van der Waals surface area contributed by atoms with Crippen LogP contribution in [0.4, 0.5) is 32.2 Å². The Balaban J connectivity index is 2.23. The molecule has 0 bridgehead atoms. The van der Waals surface area contributed by atoms with E-state index >= 15 is 0 Å². The highest BCUT2D eigenvalue weighted by Gasteiger charge is 2.43. The zero-order chi connectivity index (χ0) is 25.4. The van der Waals surface area contributed by atoms with Gasteiger partial charge in [0.1, 0.15) is 28.2 Å². The van der Waals surface area contributed by atoms with Gasteiger partial charge in [0.2, 0.25) is 0 Å². The van der Waals surface area contributed by atoms with Crippen molar-refractivity contribution in [3.8, 4) is 17.5 Å². The lowest BCUT2D eigenvalue weighted by Crippen LogP contribution is -2.18. The third kappa shape index (κ3) is 5.24. The number of nitrogens with zero attached hydrogens (tertiary/aromatic N) is 3. The molecule has 1 atom stereocenters. The minimum absolute atomic E-state index is 0.0808. The molecule has 0 radical (unpaired) electrons. The van der Waals surface area contributed by atoms with Crippen molar-refractivity contribution in [1.29, 1.82) is 5.26 Å². The molecule has 0 spiro atoms.